The topological polar surface area (TPSA) is 23.5 Å². The van der Waals surface area contributed by atoms with Gasteiger partial charge in [-0.2, -0.15) is 0 Å². The van der Waals surface area contributed by atoms with Gasteiger partial charge in [0.2, 0.25) is 0 Å². The fourth-order valence-corrected chi connectivity index (χ4v) is 3.66. The summed E-state index contributed by atoms with van der Waals surface area (Å²) in [4.78, 5) is 2.50. The predicted molar refractivity (Wildman–Crippen MR) is 101 cm³/mol. The Kier molecular flexibility index (Phi) is 5.37. The van der Waals surface area contributed by atoms with Crippen molar-refractivity contribution in [2.45, 2.75) is 38.7 Å². The van der Waals surface area contributed by atoms with Crippen molar-refractivity contribution in [3.05, 3.63) is 60.2 Å². The maximum atomic E-state index is 10.9. The minimum atomic E-state index is -0.768. The largest absolute Gasteiger partial charge is 0.385 e. The van der Waals surface area contributed by atoms with Crippen molar-refractivity contribution in [1.82, 2.24) is 4.90 Å². The highest BCUT2D eigenvalue weighted by molar-refractivity contribution is 5.63. The van der Waals surface area contributed by atoms with Crippen molar-refractivity contribution in [2.75, 3.05) is 19.6 Å². The van der Waals surface area contributed by atoms with Crippen LogP contribution in [-0.4, -0.2) is 29.6 Å². The zero-order chi connectivity index (χ0) is 17.0. The molecule has 1 N–H and O–H groups in total. The Bertz CT molecular complexity index is 633. The molecule has 128 valence electrons. The number of piperidine rings is 1. The standard InChI is InChI=1S/C22H29NO/c1-18-7-6-15-23(17-18)16-14-22(2,24)21-12-10-20(11-13-21)19-8-4-3-5-9-19/h3-5,8-13,18,24H,6-7,14-17H2,1-2H3. The molecule has 1 aliphatic rings. The molecule has 2 aromatic rings. The lowest BCUT2D eigenvalue weighted by molar-refractivity contribution is 0.0309. The van der Waals surface area contributed by atoms with Crippen LogP contribution < -0.4 is 0 Å². The van der Waals surface area contributed by atoms with Crippen LogP contribution in [-0.2, 0) is 5.60 Å². The van der Waals surface area contributed by atoms with E-state index < -0.39 is 5.60 Å². The molecule has 0 bridgehead atoms. The second-order valence-corrected chi connectivity index (χ2v) is 7.52. The molecule has 1 aliphatic heterocycles. The zero-order valence-electron chi connectivity index (χ0n) is 14.9. The summed E-state index contributed by atoms with van der Waals surface area (Å²) in [5.41, 5.74) is 2.65. The van der Waals surface area contributed by atoms with E-state index in [-0.39, 0.29) is 0 Å². The van der Waals surface area contributed by atoms with Gasteiger partial charge < -0.3 is 10.0 Å². The highest BCUT2D eigenvalue weighted by Gasteiger charge is 2.25. The second-order valence-electron chi connectivity index (χ2n) is 7.52. The van der Waals surface area contributed by atoms with Crippen LogP contribution in [0.15, 0.2) is 54.6 Å². The van der Waals surface area contributed by atoms with E-state index in [1.54, 1.807) is 0 Å². The molecule has 1 heterocycles. The lowest BCUT2D eigenvalue weighted by Gasteiger charge is -2.33. The van der Waals surface area contributed by atoms with E-state index in [1.165, 1.54) is 37.1 Å². The molecular weight excluding hydrogens is 294 g/mol. The van der Waals surface area contributed by atoms with E-state index in [0.717, 1.165) is 24.4 Å². The van der Waals surface area contributed by atoms with E-state index in [2.05, 4.69) is 60.4 Å². The van der Waals surface area contributed by atoms with Gasteiger partial charge in [-0.25, -0.2) is 0 Å². The summed E-state index contributed by atoms with van der Waals surface area (Å²) in [7, 11) is 0. The Hall–Kier alpha value is -1.64. The van der Waals surface area contributed by atoms with Crippen LogP contribution in [0.3, 0.4) is 0 Å². The number of hydrogen-bond acceptors (Lipinski definition) is 2. The van der Waals surface area contributed by atoms with Crippen molar-refractivity contribution in [3.8, 4) is 11.1 Å². The average molecular weight is 323 g/mol. The maximum Gasteiger partial charge on any atom is 0.0880 e. The molecule has 3 rings (SSSR count). The molecule has 0 radical (unpaired) electrons. The molecule has 0 amide bonds. The summed E-state index contributed by atoms with van der Waals surface area (Å²) in [5.74, 6) is 0.786. The number of aliphatic hydroxyl groups is 1. The quantitative estimate of drug-likeness (QED) is 0.863. The molecule has 2 atom stereocenters. The van der Waals surface area contributed by atoms with Gasteiger partial charge in [-0.15, -0.1) is 0 Å². The highest BCUT2D eigenvalue weighted by Crippen LogP contribution is 2.28. The van der Waals surface area contributed by atoms with Crippen LogP contribution in [0.2, 0.25) is 0 Å². The predicted octanol–water partition coefficient (Wildman–Crippen LogP) is 4.68. The summed E-state index contributed by atoms with van der Waals surface area (Å²) in [6.45, 7) is 7.58. The number of nitrogens with zero attached hydrogens (tertiary/aromatic N) is 1. The van der Waals surface area contributed by atoms with Crippen molar-refractivity contribution >= 4 is 0 Å². The molecule has 24 heavy (non-hydrogen) atoms. The van der Waals surface area contributed by atoms with Gasteiger partial charge in [-0.3, -0.25) is 0 Å². The van der Waals surface area contributed by atoms with Crippen LogP contribution in [0, 0.1) is 5.92 Å². The lowest BCUT2D eigenvalue weighted by Crippen LogP contribution is -2.37. The molecule has 1 saturated heterocycles. The molecule has 0 aliphatic carbocycles. The van der Waals surface area contributed by atoms with Gasteiger partial charge in [0.1, 0.15) is 0 Å². The smallest absolute Gasteiger partial charge is 0.0880 e. The van der Waals surface area contributed by atoms with Crippen molar-refractivity contribution < 1.29 is 5.11 Å². The van der Waals surface area contributed by atoms with E-state index in [0.29, 0.717) is 0 Å². The Morgan fingerprint density at radius 1 is 1.04 bits per heavy atom. The minimum absolute atomic E-state index is 0.768. The molecule has 2 heteroatoms. The first-order valence-electron chi connectivity index (χ1n) is 9.15. The first-order valence-corrected chi connectivity index (χ1v) is 9.15. The zero-order valence-corrected chi connectivity index (χ0v) is 14.9. The average Bonchev–Trinajstić information content (AvgIpc) is 2.61. The fraction of sp³-hybridized carbons (Fsp3) is 0.455. The first kappa shape index (κ1) is 17.2. The van der Waals surface area contributed by atoms with E-state index in [9.17, 15) is 5.11 Å². The Balaban J connectivity index is 1.64. The lowest BCUT2D eigenvalue weighted by atomic mass is 9.90. The van der Waals surface area contributed by atoms with Crippen LogP contribution in [0.1, 0.15) is 38.7 Å². The van der Waals surface area contributed by atoms with E-state index >= 15 is 0 Å². The third kappa shape index (κ3) is 4.25. The van der Waals surface area contributed by atoms with Crippen LogP contribution >= 0.6 is 0 Å². The molecular formula is C22H29NO. The SMILES string of the molecule is CC1CCCN(CCC(C)(O)c2ccc(-c3ccccc3)cc2)C1. The second kappa shape index (κ2) is 7.50. The Morgan fingerprint density at radius 2 is 1.71 bits per heavy atom. The molecule has 0 spiro atoms. The Morgan fingerprint density at radius 3 is 2.38 bits per heavy atom. The third-order valence-electron chi connectivity index (χ3n) is 5.27. The van der Waals surface area contributed by atoms with Crippen molar-refractivity contribution in [3.63, 3.8) is 0 Å². The minimum Gasteiger partial charge on any atom is -0.385 e. The molecule has 0 saturated carbocycles. The molecule has 2 unspecified atom stereocenters. The van der Waals surface area contributed by atoms with Crippen molar-refractivity contribution in [2.24, 2.45) is 5.92 Å². The summed E-state index contributed by atoms with van der Waals surface area (Å²) in [6, 6.07) is 18.7. The Labute approximate surface area is 146 Å². The number of likely N-dealkylation sites (tertiary alicyclic amines) is 1. The van der Waals surface area contributed by atoms with Gasteiger partial charge in [0.05, 0.1) is 5.60 Å². The van der Waals surface area contributed by atoms with Crippen LogP contribution in [0.4, 0.5) is 0 Å². The molecule has 1 fully saturated rings. The highest BCUT2D eigenvalue weighted by atomic mass is 16.3. The van der Waals surface area contributed by atoms with Crippen LogP contribution in [0.5, 0.6) is 0 Å². The van der Waals surface area contributed by atoms with Gasteiger partial charge in [0.25, 0.3) is 0 Å². The van der Waals surface area contributed by atoms with Gasteiger partial charge in [-0.05, 0) is 55.3 Å². The summed E-state index contributed by atoms with van der Waals surface area (Å²) >= 11 is 0. The number of benzene rings is 2. The van der Waals surface area contributed by atoms with Gasteiger partial charge in [0.15, 0.2) is 0 Å². The fourth-order valence-electron chi connectivity index (χ4n) is 3.66. The van der Waals surface area contributed by atoms with Crippen molar-refractivity contribution in [1.29, 1.82) is 0 Å². The normalized spacial score (nSPS) is 21.4. The first-order chi connectivity index (χ1) is 11.5. The summed E-state index contributed by atoms with van der Waals surface area (Å²) < 4.78 is 0. The summed E-state index contributed by atoms with van der Waals surface area (Å²) in [5, 5.41) is 10.9. The van der Waals surface area contributed by atoms with Gasteiger partial charge in [-0.1, -0.05) is 61.5 Å². The molecule has 0 aromatic heterocycles. The summed E-state index contributed by atoms with van der Waals surface area (Å²) in [6.07, 6.45) is 3.41. The molecule has 2 nitrogen and oxygen atoms in total. The third-order valence-corrected chi connectivity index (χ3v) is 5.27. The van der Waals surface area contributed by atoms with Crippen LogP contribution in [0.25, 0.3) is 11.1 Å². The van der Waals surface area contributed by atoms with E-state index in [1.807, 2.05) is 13.0 Å². The van der Waals surface area contributed by atoms with Gasteiger partial charge >= 0.3 is 0 Å². The van der Waals surface area contributed by atoms with Gasteiger partial charge in [0, 0.05) is 13.1 Å². The molecule has 2 aromatic carbocycles. The monoisotopic (exact) mass is 323 g/mol. The maximum absolute atomic E-state index is 10.9. The van der Waals surface area contributed by atoms with E-state index in [4.69, 9.17) is 0 Å². The number of rotatable bonds is 5. The number of hydrogen-bond donors (Lipinski definition) is 1.